The van der Waals surface area contributed by atoms with Crippen LogP contribution in [-0.4, -0.2) is 47.9 Å². The maximum absolute atomic E-state index is 13.2. The van der Waals surface area contributed by atoms with Crippen LogP contribution < -0.4 is 10.2 Å². The number of halogens is 1. The molecule has 1 aromatic carbocycles. The highest BCUT2D eigenvalue weighted by molar-refractivity contribution is 6.30. The summed E-state index contributed by atoms with van der Waals surface area (Å²) in [5.74, 6) is 0.168. The van der Waals surface area contributed by atoms with E-state index in [1.54, 1.807) is 17.0 Å². The Morgan fingerprint density at radius 3 is 2.58 bits per heavy atom. The summed E-state index contributed by atoms with van der Waals surface area (Å²) >= 11 is 6.06. The van der Waals surface area contributed by atoms with Gasteiger partial charge in [-0.1, -0.05) is 30.5 Å². The lowest BCUT2D eigenvalue weighted by molar-refractivity contribution is -0.133. The fourth-order valence-electron chi connectivity index (χ4n) is 4.81. The van der Waals surface area contributed by atoms with Gasteiger partial charge in [-0.05, 0) is 57.0 Å². The standard InChI is InChI=1S/C20H26ClN3O2/c21-15-6-5-7-17(12-15)24-14-16(13-18(24)25)22-19(26)20(8-1-2-9-20)23-10-3-4-11-23/h5-7,12,16H,1-4,8-11,13-14H2,(H,22,26). The Labute approximate surface area is 159 Å². The summed E-state index contributed by atoms with van der Waals surface area (Å²) < 4.78 is 0. The van der Waals surface area contributed by atoms with E-state index in [4.69, 9.17) is 11.6 Å². The maximum Gasteiger partial charge on any atom is 0.240 e. The summed E-state index contributed by atoms with van der Waals surface area (Å²) in [5.41, 5.74) is 0.456. The van der Waals surface area contributed by atoms with Gasteiger partial charge in [0, 0.05) is 23.7 Å². The third kappa shape index (κ3) is 3.23. The van der Waals surface area contributed by atoms with E-state index in [9.17, 15) is 9.59 Å². The zero-order chi connectivity index (χ0) is 18.1. The highest BCUT2D eigenvalue weighted by atomic mass is 35.5. The SMILES string of the molecule is O=C1CC(NC(=O)C2(N3CCCC3)CCCC2)CN1c1cccc(Cl)c1. The quantitative estimate of drug-likeness (QED) is 0.880. The number of anilines is 1. The normalized spacial score (nSPS) is 25.8. The molecule has 3 fully saturated rings. The van der Waals surface area contributed by atoms with Crippen molar-refractivity contribution in [1.82, 2.24) is 10.2 Å². The fraction of sp³-hybridized carbons (Fsp3) is 0.600. The van der Waals surface area contributed by atoms with Crippen LogP contribution in [-0.2, 0) is 9.59 Å². The number of nitrogens with zero attached hydrogens (tertiary/aromatic N) is 2. The van der Waals surface area contributed by atoms with Crippen LogP contribution in [0.4, 0.5) is 5.69 Å². The van der Waals surface area contributed by atoms with E-state index < -0.39 is 0 Å². The Bertz CT molecular complexity index is 696. The number of hydrogen-bond donors (Lipinski definition) is 1. The van der Waals surface area contributed by atoms with Crippen molar-refractivity contribution >= 4 is 29.1 Å². The molecule has 1 unspecified atom stereocenters. The van der Waals surface area contributed by atoms with Crippen LogP contribution in [0.15, 0.2) is 24.3 Å². The number of rotatable bonds is 4. The molecule has 0 bridgehead atoms. The zero-order valence-corrected chi connectivity index (χ0v) is 15.8. The lowest BCUT2D eigenvalue weighted by Crippen LogP contribution is -2.58. The van der Waals surface area contributed by atoms with E-state index >= 15 is 0 Å². The lowest BCUT2D eigenvalue weighted by Gasteiger charge is -2.38. The second kappa shape index (κ2) is 7.20. The summed E-state index contributed by atoms with van der Waals surface area (Å²) in [6.07, 6.45) is 6.83. The molecule has 2 amide bonds. The summed E-state index contributed by atoms with van der Waals surface area (Å²) in [6.45, 7) is 2.55. The molecule has 1 N–H and O–H groups in total. The number of carbonyl (C=O) groups excluding carboxylic acids is 2. The van der Waals surface area contributed by atoms with Gasteiger partial charge in [0.05, 0.1) is 6.04 Å². The van der Waals surface area contributed by atoms with Gasteiger partial charge < -0.3 is 10.2 Å². The minimum Gasteiger partial charge on any atom is -0.349 e. The summed E-state index contributed by atoms with van der Waals surface area (Å²) in [4.78, 5) is 29.8. The fourth-order valence-corrected chi connectivity index (χ4v) is 4.99. The molecular weight excluding hydrogens is 350 g/mol. The maximum atomic E-state index is 13.2. The Hall–Kier alpha value is -1.59. The summed E-state index contributed by atoms with van der Waals surface area (Å²) in [7, 11) is 0. The van der Waals surface area contributed by atoms with E-state index in [0.717, 1.165) is 44.5 Å². The number of hydrogen-bond acceptors (Lipinski definition) is 3. The van der Waals surface area contributed by atoms with Gasteiger partial charge in [-0.15, -0.1) is 0 Å². The third-order valence-corrected chi connectivity index (χ3v) is 6.38. The zero-order valence-electron chi connectivity index (χ0n) is 15.0. The predicted molar refractivity (Wildman–Crippen MR) is 102 cm³/mol. The van der Waals surface area contributed by atoms with Crippen LogP contribution >= 0.6 is 11.6 Å². The Morgan fingerprint density at radius 1 is 1.15 bits per heavy atom. The van der Waals surface area contributed by atoms with Crippen LogP contribution in [0, 0.1) is 0 Å². The number of likely N-dealkylation sites (tertiary alicyclic amines) is 1. The number of amides is 2. The molecule has 5 nitrogen and oxygen atoms in total. The molecule has 2 heterocycles. The van der Waals surface area contributed by atoms with Crippen LogP contribution in [0.2, 0.25) is 5.02 Å². The second-order valence-electron chi connectivity index (χ2n) is 7.79. The molecule has 6 heteroatoms. The van der Waals surface area contributed by atoms with E-state index in [-0.39, 0.29) is 23.4 Å². The molecule has 1 saturated carbocycles. The molecule has 4 rings (SSSR count). The lowest BCUT2D eigenvalue weighted by atomic mass is 9.93. The average molecular weight is 376 g/mol. The molecular formula is C20H26ClN3O2. The topological polar surface area (TPSA) is 52.7 Å². The Kier molecular flexibility index (Phi) is 4.93. The number of benzene rings is 1. The molecule has 1 aromatic rings. The number of carbonyl (C=O) groups is 2. The monoisotopic (exact) mass is 375 g/mol. The van der Waals surface area contributed by atoms with Crippen molar-refractivity contribution in [2.24, 2.45) is 0 Å². The minimum atomic E-state index is -0.344. The van der Waals surface area contributed by atoms with E-state index in [1.165, 1.54) is 12.8 Å². The second-order valence-corrected chi connectivity index (χ2v) is 8.23. The summed E-state index contributed by atoms with van der Waals surface area (Å²) in [5, 5.41) is 3.82. The van der Waals surface area contributed by atoms with Crippen molar-refractivity contribution in [2.75, 3.05) is 24.5 Å². The van der Waals surface area contributed by atoms with Crippen molar-refractivity contribution in [3.63, 3.8) is 0 Å². The van der Waals surface area contributed by atoms with Crippen molar-refractivity contribution in [3.05, 3.63) is 29.3 Å². The van der Waals surface area contributed by atoms with Crippen LogP contribution in [0.5, 0.6) is 0 Å². The van der Waals surface area contributed by atoms with Crippen LogP contribution in [0.25, 0.3) is 0 Å². The van der Waals surface area contributed by atoms with Crippen LogP contribution in [0.1, 0.15) is 44.9 Å². The molecule has 1 atom stereocenters. The van der Waals surface area contributed by atoms with Crippen molar-refractivity contribution in [1.29, 1.82) is 0 Å². The molecule has 0 aromatic heterocycles. The third-order valence-electron chi connectivity index (χ3n) is 6.14. The van der Waals surface area contributed by atoms with Gasteiger partial charge in [-0.2, -0.15) is 0 Å². The first-order valence-electron chi connectivity index (χ1n) is 9.70. The van der Waals surface area contributed by atoms with Gasteiger partial charge in [0.2, 0.25) is 11.8 Å². The van der Waals surface area contributed by atoms with Gasteiger partial charge in [0.15, 0.2) is 0 Å². The first-order chi connectivity index (χ1) is 12.6. The molecule has 3 aliphatic rings. The first-order valence-corrected chi connectivity index (χ1v) is 10.1. The number of nitrogens with one attached hydrogen (secondary N) is 1. The van der Waals surface area contributed by atoms with Gasteiger partial charge in [-0.3, -0.25) is 14.5 Å². The smallest absolute Gasteiger partial charge is 0.240 e. The average Bonchev–Trinajstić information content (AvgIpc) is 3.36. The largest absolute Gasteiger partial charge is 0.349 e. The molecule has 2 aliphatic heterocycles. The van der Waals surface area contributed by atoms with Crippen molar-refractivity contribution in [3.8, 4) is 0 Å². The summed E-state index contributed by atoms with van der Waals surface area (Å²) in [6, 6.07) is 7.19. The van der Waals surface area contributed by atoms with Gasteiger partial charge in [0.25, 0.3) is 0 Å². The molecule has 1 aliphatic carbocycles. The van der Waals surface area contributed by atoms with Crippen LogP contribution in [0.3, 0.4) is 0 Å². The van der Waals surface area contributed by atoms with E-state index in [2.05, 4.69) is 10.2 Å². The molecule has 0 spiro atoms. The Morgan fingerprint density at radius 2 is 1.88 bits per heavy atom. The Balaban J connectivity index is 1.45. The first kappa shape index (κ1) is 17.8. The molecule has 0 radical (unpaired) electrons. The molecule has 140 valence electrons. The predicted octanol–water partition coefficient (Wildman–Crippen LogP) is 2.97. The van der Waals surface area contributed by atoms with Crippen molar-refractivity contribution in [2.45, 2.75) is 56.5 Å². The highest BCUT2D eigenvalue weighted by Crippen LogP contribution is 2.38. The van der Waals surface area contributed by atoms with Crippen molar-refractivity contribution < 1.29 is 9.59 Å². The minimum absolute atomic E-state index is 0.0409. The van der Waals surface area contributed by atoms with Gasteiger partial charge in [-0.25, -0.2) is 0 Å². The van der Waals surface area contributed by atoms with Gasteiger partial charge >= 0.3 is 0 Å². The van der Waals surface area contributed by atoms with E-state index in [1.807, 2.05) is 12.1 Å². The van der Waals surface area contributed by atoms with Gasteiger partial charge in [0.1, 0.15) is 5.54 Å². The highest BCUT2D eigenvalue weighted by Gasteiger charge is 2.48. The van der Waals surface area contributed by atoms with E-state index in [0.29, 0.717) is 18.0 Å². The molecule has 26 heavy (non-hydrogen) atoms. The molecule has 2 saturated heterocycles.